The van der Waals surface area contributed by atoms with Crippen LogP contribution in [0.4, 0.5) is 4.39 Å². The van der Waals surface area contributed by atoms with E-state index in [0.29, 0.717) is 0 Å². The molecule has 1 fully saturated rings. The molecule has 0 saturated carbocycles. The molecule has 0 unspecified atom stereocenters. The maximum absolute atomic E-state index is 13.5. The van der Waals surface area contributed by atoms with Crippen LogP contribution in [-0.2, 0) is 18.3 Å². The van der Waals surface area contributed by atoms with Gasteiger partial charge in [0, 0.05) is 6.42 Å². The van der Waals surface area contributed by atoms with E-state index in [1.165, 1.54) is 0 Å². The first-order valence-electron chi connectivity index (χ1n) is 6.15. The Labute approximate surface area is 107 Å². The van der Waals surface area contributed by atoms with Crippen LogP contribution in [-0.4, -0.2) is 42.0 Å². The predicted molar refractivity (Wildman–Crippen MR) is 65.3 cm³/mol. The lowest BCUT2D eigenvalue weighted by Gasteiger charge is -2.27. The Morgan fingerprint density at radius 1 is 1.33 bits per heavy atom. The lowest BCUT2D eigenvalue weighted by Crippen LogP contribution is -2.22. The first-order chi connectivity index (χ1) is 8.28. The van der Waals surface area contributed by atoms with E-state index in [1.54, 1.807) is 27.7 Å². The normalized spacial score (nSPS) is 29.4. The smallest absolute Gasteiger partial charge is 0.359 e. The van der Waals surface area contributed by atoms with Crippen molar-refractivity contribution in [3.8, 4) is 0 Å². The summed E-state index contributed by atoms with van der Waals surface area (Å²) in [6.45, 7) is 6.45. The molecule has 0 spiro atoms. The summed E-state index contributed by atoms with van der Waals surface area (Å²) in [6, 6.07) is 0. The number of alkyl halides is 1. The van der Waals surface area contributed by atoms with Crippen molar-refractivity contribution < 1.29 is 27.8 Å². The molecule has 3 atom stereocenters. The molecule has 0 aromatic rings. The topological polar surface area (TPSA) is 65.0 Å². The van der Waals surface area contributed by atoms with Gasteiger partial charge in [-0.15, -0.1) is 0 Å². The highest BCUT2D eigenvalue weighted by Crippen LogP contribution is 2.59. The van der Waals surface area contributed by atoms with Crippen LogP contribution in [0.15, 0.2) is 0 Å². The van der Waals surface area contributed by atoms with Crippen molar-refractivity contribution in [1.82, 2.24) is 0 Å². The third-order valence-electron chi connectivity index (χ3n) is 2.41. The summed E-state index contributed by atoms with van der Waals surface area (Å²) in [7, 11) is -3.54. The van der Waals surface area contributed by atoms with Gasteiger partial charge in [0.15, 0.2) is 5.85 Å². The Hall–Kier alpha value is -0.0000000000000000139. The van der Waals surface area contributed by atoms with Crippen LogP contribution in [0, 0.1) is 0 Å². The largest absolute Gasteiger partial charge is 0.394 e. The van der Waals surface area contributed by atoms with Gasteiger partial charge in [0.1, 0.15) is 12.3 Å². The number of hydrogen-bond acceptors (Lipinski definition) is 5. The monoisotopic (exact) mass is 284 g/mol. The van der Waals surface area contributed by atoms with Crippen LogP contribution in [0.25, 0.3) is 0 Å². The number of hydrogen-bond donors (Lipinski definition) is 1. The van der Waals surface area contributed by atoms with Crippen molar-refractivity contribution in [3.63, 3.8) is 0 Å². The van der Waals surface area contributed by atoms with E-state index < -0.39 is 32.3 Å². The molecule has 0 bridgehead atoms. The summed E-state index contributed by atoms with van der Waals surface area (Å²) in [5.74, 6) is -0.950. The van der Waals surface area contributed by atoms with Crippen molar-refractivity contribution in [3.05, 3.63) is 0 Å². The van der Waals surface area contributed by atoms with Gasteiger partial charge in [-0.3, -0.25) is 4.57 Å². The standard InChI is InChI=1S/C11H22FO5P/c1-7(2)16-18(14,17-8(3)4)11-5-9(12)10(6-13)15-11/h7-11,13H,5-6H2,1-4H3/t9-,10-,11+/m1/s1. The highest BCUT2D eigenvalue weighted by molar-refractivity contribution is 7.54. The van der Waals surface area contributed by atoms with E-state index in [-0.39, 0.29) is 18.6 Å². The molecular weight excluding hydrogens is 262 g/mol. The SMILES string of the molecule is CC(C)OP(=O)(OC(C)C)[C@H]1C[C@@H](F)[C@@H](CO)O1. The second-order valence-corrected chi connectivity index (χ2v) is 6.99. The lowest BCUT2D eigenvalue weighted by molar-refractivity contribution is 0.00303. The van der Waals surface area contributed by atoms with Crippen LogP contribution >= 0.6 is 7.60 Å². The quantitative estimate of drug-likeness (QED) is 0.759. The van der Waals surface area contributed by atoms with E-state index in [4.69, 9.17) is 18.9 Å². The Morgan fingerprint density at radius 3 is 2.17 bits per heavy atom. The predicted octanol–water partition coefficient (Wildman–Crippen LogP) is 2.47. The van der Waals surface area contributed by atoms with Crippen LogP contribution in [0.3, 0.4) is 0 Å². The summed E-state index contributed by atoms with van der Waals surface area (Å²) in [5, 5.41) is 8.95. The Kier molecular flexibility index (Phi) is 5.74. The van der Waals surface area contributed by atoms with Crippen LogP contribution < -0.4 is 0 Å². The zero-order chi connectivity index (χ0) is 13.9. The molecular formula is C11H22FO5P. The summed E-state index contributed by atoms with van der Waals surface area (Å²) in [5.41, 5.74) is 0. The van der Waals surface area contributed by atoms with Crippen molar-refractivity contribution in [2.24, 2.45) is 0 Å². The maximum atomic E-state index is 13.5. The fraction of sp³-hybridized carbons (Fsp3) is 1.00. The molecule has 18 heavy (non-hydrogen) atoms. The van der Waals surface area contributed by atoms with E-state index in [9.17, 15) is 8.96 Å². The summed E-state index contributed by atoms with van der Waals surface area (Å²) >= 11 is 0. The van der Waals surface area contributed by atoms with Crippen molar-refractivity contribution in [2.75, 3.05) is 6.61 Å². The summed E-state index contributed by atoms with van der Waals surface area (Å²) in [4.78, 5) is 0. The molecule has 108 valence electrons. The van der Waals surface area contributed by atoms with Gasteiger partial charge in [0.05, 0.1) is 18.8 Å². The molecule has 1 saturated heterocycles. The van der Waals surface area contributed by atoms with Crippen molar-refractivity contribution in [2.45, 2.75) is 64.4 Å². The Balaban J connectivity index is 2.81. The minimum atomic E-state index is -3.54. The number of rotatable bonds is 6. The summed E-state index contributed by atoms with van der Waals surface area (Å²) in [6.07, 6.45) is -3.01. The zero-order valence-electron chi connectivity index (χ0n) is 11.2. The second-order valence-electron chi connectivity index (χ2n) is 4.91. The fourth-order valence-electron chi connectivity index (χ4n) is 1.80. The van der Waals surface area contributed by atoms with Crippen LogP contribution in [0.2, 0.25) is 0 Å². The van der Waals surface area contributed by atoms with Crippen LogP contribution in [0.1, 0.15) is 34.1 Å². The van der Waals surface area contributed by atoms with Crippen molar-refractivity contribution in [1.29, 1.82) is 0 Å². The van der Waals surface area contributed by atoms with Gasteiger partial charge in [0.2, 0.25) is 0 Å². The van der Waals surface area contributed by atoms with Gasteiger partial charge >= 0.3 is 7.60 Å². The molecule has 5 nitrogen and oxygen atoms in total. The number of aliphatic hydroxyl groups is 1. The molecule has 1 aliphatic rings. The molecule has 0 aromatic heterocycles. The van der Waals surface area contributed by atoms with Gasteiger partial charge in [-0.05, 0) is 27.7 Å². The molecule has 1 rings (SSSR count). The van der Waals surface area contributed by atoms with Gasteiger partial charge < -0.3 is 18.9 Å². The Bertz CT molecular complexity index is 296. The minimum Gasteiger partial charge on any atom is -0.394 e. The van der Waals surface area contributed by atoms with E-state index in [1.807, 2.05) is 0 Å². The lowest BCUT2D eigenvalue weighted by atomic mass is 10.2. The maximum Gasteiger partial charge on any atom is 0.359 e. The zero-order valence-corrected chi connectivity index (χ0v) is 12.1. The highest BCUT2D eigenvalue weighted by Gasteiger charge is 2.48. The van der Waals surface area contributed by atoms with Gasteiger partial charge in [0.25, 0.3) is 0 Å². The van der Waals surface area contributed by atoms with Crippen molar-refractivity contribution >= 4 is 7.60 Å². The molecule has 0 amide bonds. The van der Waals surface area contributed by atoms with E-state index in [2.05, 4.69) is 0 Å². The molecule has 1 N–H and O–H groups in total. The average molecular weight is 284 g/mol. The van der Waals surface area contributed by atoms with E-state index in [0.717, 1.165) is 0 Å². The summed E-state index contributed by atoms with van der Waals surface area (Å²) < 4.78 is 42.1. The van der Waals surface area contributed by atoms with Gasteiger partial charge in [-0.1, -0.05) is 0 Å². The third kappa shape index (κ3) is 4.00. The fourth-order valence-corrected chi connectivity index (χ4v) is 4.06. The molecule has 0 radical (unpaired) electrons. The second kappa shape index (κ2) is 6.44. The van der Waals surface area contributed by atoms with Gasteiger partial charge in [-0.25, -0.2) is 4.39 Å². The Morgan fingerprint density at radius 2 is 1.83 bits per heavy atom. The molecule has 7 heteroatoms. The third-order valence-corrected chi connectivity index (χ3v) is 4.88. The molecule has 1 heterocycles. The van der Waals surface area contributed by atoms with Gasteiger partial charge in [-0.2, -0.15) is 0 Å². The molecule has 0 aromatic carbocycles. The molecule has 0 aliphatic carbocycles. The van der Waals surface area contributed by atoms with E-state index >= 15 is 0 Å². The van der Waals surface area contributed by atoms with Crippen LogP contribution in [0.5, 0.6) is 0 Å². The first-order valence-corrected chi connectivity index (χ1v) is 7.76. The number of ether oxygens (including phenoxy) is 1. The highest BCUT2D eigenvalue weighted by atomic mass is 31.2. The minimum absolute atomic E-state index is 0.0814. The average Bonchev–Trinajstić information content (AvgIpc) is 2.57. The number of halogens is 1. The molecule has 1 aliphatic heterocycles. The first kappa shape index (κ1) is 16.1. The number of aliphatic hydroxyl groups excluding tert-OH is 1.